The predicted molar refractivity (Wildman–Crippen MR) is 113 cm³/mol. The lowest BCUT2D eigenvalue weighted by Gasteiger charge is -2.21. The fourth-order valence-electron chi connectivity index (χ4n) is 2.80. The highest BCUT2D eigenvalue weighted by Crippen LogP contribution is 2.29. The molecule has 0 fully saturated rings. The standard InChI is InChI=1S/C23H19F2NO5S/c24-23(25,32(29,30)19-14-8-3-9-15-19)16-26-21(27)20(17-10-4-1-5-11-17)31-22(28)18-12-6-2-7-13-18/h1-15,20H,16H2,(H,26,27). The Kier molecular flexibility index (Phi) is 6.99. The second kappa shape index (κ2) is 9.69. The van der Waals surface area contributed by atoms with Crippen LogP contribution in [0.2, 0.25) is 0 Å². The van der Waals surface area contributed by atoms with Gasteiger partial charge in [-0.1, -0.05) is 66.7 Å². The lowest BCUT2D eigenvalue weighted by atomic mass is 10.1. The molecule has 0 saturated carbocycles. The van der Waals surface area contributed by atoms with Crippen LogP contribution in [-0.4, -0.2) is 32.1 Å². The first-order valence-corrected chi connectivity index (χ1v) is 11.0. The van der Waals surface area contributed by atoms with Gasteiger partial charge in [-0.25, -0.2) is 13.2 Å². The molecular weight excluding hydrogens is 440 g/mol. The monoisotopic (exact) mass is 459 g/mol. The Morgan fingerprint density at radius 3 is 1.91 bits per heavy atom. The van der Waals surface area contributed by atoms with Crippen LogP contribution in [0.5, 0.6) is 0 Å². The molecule has 0 bridgehead atoms. The third kappa shape index (κ3) is 5.17. The number of carbonyl (C=O) groups is 2. The Bertz CT molecular complexity index is 1170. The Labute approximate surface area is 183 Å². The van der Waals surface area contributed by atoms with Gasteiger partial charge in [-0.2, -0.15) is 8.78 Å². The number of hydrogen-bond acceptors (Lipinski definition) is 5. The molecule has 1 amide bonds. The second-order valence-electron chi connectivity index (χ2n) is 6.73. The van der Waals surface area contributed by atoms with E-state index in [2.05, 4.69) is 0 Å². The number of rotatable bonds is 8. The van der Waals surface area contributed by atoms with E-state index < -0.39 is 44.5 Å². The molecule has 0 aliphatic rings. The van der Waals surface area contributed by atoms with Crippen LogP contribution in [-0.2, 0) is 19.4 Å². The van der Waals surface area contributed by atoms with Crippen LogP contribution in [0.3, 0.4) is 0 Å². The number of amides is 1. The zero-order valence-corrected chi connectivity index (χ0v) is 17.5. The van der Waals surface area contributed by atoms with Crippen molar-refractivity contribution < 1.29 is 31.5 Å². The van der Waals surface area contributed by atoms with Gasteiger partial charge in [0, 0.05) is 5.56 Å². The summed E-state index contributed by atoms with van der Waals surface area (Å²) in [6.45, 7) is -1.49. The van der Waals surface area contributed by atoms with E-state index in [9.17, 15) is 26.8 Å². The number of carbonyl (C=O) groups excluding carboxylic acids is 2. The molecule has 9 heteroatoms. The molecule has 166 valence electrons. The molecule has 0 spiro atoms. The first-order valence-electron chi connectivity index (χ1n) is 9.48. The van der Waals surface area contributed by atoms with Crippen molar-refractivity contribution >= 4 is 21.7 Å². The number of esters is 1. The highest BCUT2D eigenvalue weighted by atomic mass is 32.2. The van der Waals surface area contributed by atoms with Gasteiger partial charge in [0.25, 0.3) is 5.91 Å². The van der Waals surface area contributed by atoms with E-state index in [1.165, 1.54) is 42.5 Å². The van der Waals surface area contributed by atoms with Gasteiger partial charge >= 0.3 is 11.2 Å². The molecule has 0 aliphatic heterocycles. The van der Waals surface area contributed by atoms with E-state index in [1.54, 1.807) is 36.4 Å². The molecule has 0 radical (unpaired) electrons. The van der Waals surface area contributed by atoms with Gasteiger partial charge in [-0.05, 0) is 24.3 Å². The predicted octanol–water partition coefficient (Wildman–Crippen LogP) is 3.77. The highest BCUT2D eigenvalue weighted by molar-refractivity contribution is 7.92. The number of sulfone groups is 1. The lowest BCUT2D eigenvalue weighted by Crippen LogP contribution is -2.44. The van der Waals surface area contributed by atoms with Crippen LogP contribution < -0.4 is 5.32 Å². The lowest BCUT2D eigenvalue weighted by molar-refractivity contribution is -0.131. The van der Waals surface area contributed by atoms with E-state index in [1.807, 2.05) is 5.32 Å². The maximum Gasteiger partial charge on any atom is 0.366 e. The van der Waals surface area contributed by atoms with E-state index in [0.29, 0.717) is 0 Å². The molecule has 3 aromatic rings. The van der Waals surface area contributed by atoms with Gasteiger partial charge in [0.05, 0.1) is 17.0 Å². The molecule has 0 saturated heterocycles. The summed E-state index contributed by atoms with van der Waals surface area (Å²) in [5.74, 6) is -1.92. The topological polar surface area (TPSA) is 89.5 Å². The van der Waals surface area contributed by atoms with Crippen molar-refractivity contribution in [3.8, 4) is 0 Å². The minimum absolute atomic E-state index is 0.165. The first-order chi connectivity index (χ1) is 15.2. The molecule has 0 heterocycles. The molecule has 32 heavy (non-hydrogen) atoms. The molecule has 1 unspecified atom stereocenters. The first kappa shape index (κ1) is 23.1. The van der Waals surface area contributed by atoms with Crippen molar-refractivity contribution in [2.45, 2.75) is 16.3 Å². The largest absolute Gasteiger partial charge is 0.444 e. The van der Waals surface area contributed by atoms with E-state index >= 15 is 0 Å². The highest BCUT2D eigenvalue weighted by Gasteiger charge is 2.46. The summed E-state index contributed by atoms with van der Waals surface area (Å²) in [6, 6.07) is 21.8. The van der Waals surface area contributed by atoms with Crippen LogP contribution in [0.1, 0.15) is 22.0 Å². The third-order valence-electron chi connectivity index (χ3n) is 4.49. The summed E-state index contributed by atoms with van der Waals surface area (Å²) in [4.78, 5) is 24.6. The van der Waals surface area contributed by atoms with Crippen molar-refractivity contribution in [3.63, 3.8) is 0 Å². The molecular formula is C23H19F2NO5S. The summed E-state index contributed by atoms with van der Waals surface area (Å²) < 4.78 is 58.9. The minimum Gasteiger partial charge on any atom is -0.444 e. The zero-order valence-electron chi connectivity index (χ0n) is 16.7. The molecule has 6 nitrogen and oxygen atoms in total. The Hall–Kier alpha value is -3.59. The van der Waals surface area contributed by atoms with E-state index in [0.717, 1.165) is 12.1 Å². The number of hydrogen-bond donors (Lipinski definition) is 1. The molecule has 3 rings (SSSR count). The number of benzene rings is 3. The summed E-state index contributed by atoms with van der Waals surface area (Å²) in [7, 11) is -5.05. The van der Waals surface area contributed by atoms with Crippen LogP contribution >= 0.6 is 0 Å². The van der Waals surface area contributed by atoms with Crippen LogP contribution in [0.15, 0.2) is 95.9 Å². The fraction of sp³-hybridized carbons (Fsp3) is 0.130. The average molecular weight is 459 g/mol. The minimum atomic E-state index is -5.05. The second-order valence-corrected chi connectivity index (χ2v) is 8.81. The number of alkyl halides is 2. The Morgan fingerprint density at radius 2 is 1.34 bits per heavy atom. The van der Waals surface area contributed by atoms with Crippen LogP contribution in [0.25, 0.3) is 0 Å². The molecule has 1 atom stereocenters. The van der Waals surface area contributed by atoms with Crippen molar-refractivity contribution in [1.29, 1.82) is 0 Å². The SMILES string of the molecule is O=C(OC(C(=O)NCC(F)(F)S(=O)(=O)c1ccccc1)c1ccccc1)c1ccccc1. The zero-order chi connectivity index (χ0) is 23.2. The summed E-state index contributed by atoms with van der Waals surface area (Å²) in [5.41, 5.74) is 0.404. The Morgan fingerprint density at radius 1 is 0.844 bits per heavy atom. The average Bonchev–Trinajstić information content (AvgIpc) is 2.82. The van der Waals surface area contributed by atoms with E-state index in [4.69, 9.17) is 4.74 Å². The van der Waals surface area contributed by atoms with Gasteiger partial charge < -0.3 is 10.1 Å². The molecule has 0 aromatic heterocycles. The summed E-state index contributed by atoms with van der Waals surface area (Å²) in [6.07, 6.45) is -1.56. The van der Waals surface area contributed by atoms with Crippen molar-refractivity contribution in [2.24, 2.45) is 0 Å². The number of nitrogens with one attached hydrogen (secondary N) is 1. The molecule has 1 N–H and O–H groups in total. The van der Waals surface area contributed by atoms with Gasteiger partial charge in [0.2, 0.25) is 15.9 Å². The smallest absolute Gasteiger partial charge is 0.366 e. The van der Waals surface area contributed by atoms with Gasteiger partial charge in [0.15, 0.2) is 0 Å². The summed E-state index contributed by atoms with van der Waals surface area (Å²) >= 11 is 0. The quantitative estimate of drug-likeness (QED) is 0.518. The van der Waals surface area contributed by atoms with Gasteiger partial charge in [0.1, 0.15) is 0 Å². The third-order valence-corrected chi connectivity index (χ3v) is 6.31. The van der Waals surface area contributed by atoms with Crippen LogP contribution in [0, 0.1) is 0 Å². The normalized spacial score (nSPS) is 12.6. The maximum absolute atomic E-state index is 14.5. The maximum atomic E-state index is 14.5. The number of halogens is 2. The van der Waals surface area contributed by atoms with Crippen molar-refractivity contribution in [3.05, 3.63) is 102 Å². The van der Waals surface area contributed by atoms with Gasteiger partial charge in [-0.15, -0.1) is 0 Å². The number of ether oxygens (including phenoxy) is 1. The summed E-state index contributed by atoms with van der Waals surface area (Å²) in [5, 5.41) is -2.37. The molecule has 3 aromatic carbocycles. The van der Waals surface area contributed by atoms with Crippen LogP contribution in [0.4, 0.5) is 8.78 Å². The van der Waals surface area contributed by atoms with E-state index in [-0.39, 0.29) is 11.1 Å². The van der Waals surface area contributed by atoms with Crippen molar-refractivity contribution in [2.75, 3.05) is 6.54 Å². The van der Waals surface area contributed by atoms with Crippen molar-refractivity contribution in [1.82, 2.24) is 5.32 Å². The fourth-order valence-corrected chi connectivity index (χ4v) is 3.92. The molecule has 0 aliphatic carbocycles. The Balaban J connectivity index is 1.79. The van der Waals surface area contributed by atoms with Gasteiger partial charge in [-0.3, -0.25) is 4.79 Å².